The normalized spacial score (nSPS) is 10.5. The molecule has 1 aromatic carbocycles. The van der Waals surface area contributed by atoms with Crippen LogP contribution in [0.3, 0.4) is 0 Å². The first-order valence-electron chi connectivity index (χ1n) is 7.04. The number of nitrogens with zero attached hydrogens (tertiary/aromatic N) is 2. The number of benzene rings is 1. The molecule has 0 aliphatic rings. The van der Waals surface area contributed by atoms with Crippen molar-refractivity contribution in [1.82, 2.24) is 15.3 Å². The summed E-state index contributed by atoms with van der Waals surface area (Å²) < 4.78 is 0. The van der Waals surface area contributed by atoms with Crippen molar-refractivity contribution in [2.75, 3.05) is 11.9 Å². The van der Waals surface area contributed by atoms with Gasteiger partial charge < -0.3 is 10.6 Å². The third-order valence-corrected chi connectivity index (χ3v) is 3.29. The van der Waals surface area contributed by atoms with E-state index in [0.29, 0.717) is 6.54 Å². The summed E-state index contributed by atoms with van der Waals surface area (Å²) in [6, 6.07) is 11.5. The molecule has 0 aliphatic heterocycles. The molecule has 3 aromatic rings. The minimum absolute atomic E-state index is 0.0672. The van der Waals surface area contributed by atoms with Gasteiger partial charge in [-0.25, -0.2) is 0 Å². The maximum Gasteiger partial charge on any atom is 0.238 e. The van der Waals surface area contributed by atoms with E-state index in [-0.39, 0.29) is 12.5 Å². The summed E-state index contributed by atoms with van der Waals surface area (Å²) in [5, 5.41) is 8.10. The fourth-order valence-electron chi connectivity index (χ4n) is 2.19. The summed E-state index contributed by atoms with van der Waals surface area (Å²) in [4.78, 5) is 20.0. The first-order valence-corrected chi connectivity index (χ1v) is 7.04. The highest BCUT2D eigenvalue weighted by atomic mass is 16.1. The summed E-state index contributed by atoms with van der Waals surface area (Å²) in [5.74, 6) is -0.0672. The number of nitrogens with one attached hydrogen (secondary N) is 2. The Bertz CT molecular complexity index is 774. The zero-order chi connectivity index (χ0) is 15.2. The average molecular weight is 292 g/mol. The summed E-state index contributed by atoms with van der Waals surface area (Å²) in [5.41, 5.74) is 1.88. The molecule has 0 aliphatic carbocycles. The molecule has 0 fully saturated rings. The molecule has 0 saturated carbocycles. The van der Waals surface area contributed by atoms with Crippen LogP contribution in [0.4, 0.5) is 5.69 Å². The standard InChI is InChI=1S/C17H16N4O/c22-17(12-20-10-13-3-6-18-7-4-13)21-16-2-1-15-11-19-8-5-14(15)9-16/h1-9,11,20H,10,12H2,(H,21,22). The molecular weight excluding hydrogens is 276 g/mol. The molecule has 0 unspecified atom stereocenters. The Morgan fingerprint density at radius 2 is 1.77 bits per heavy atom. The molecule has 5 heteroatoms. The Labute approximate surface area is 128 Å². The van der Waals surface area contributed by atoms with E-state index in [1.807, 2.05) is 36.4 Å². The molecule has 0 bridgehead atoms. The number of pyridine rings is 2. The lowest BCUT2D eigenvalue weighted by Gasteiger charge is -2.08. The number of aromatic nitrogens is 2. The van der Waals surface area contributed by atoms with Gasteiger partial charge in [0.1, 0.15) is 0 Å². The maximum atomic E-state index is 11.9. The van der Waals surface area contributed by atoms with Crippen molar-refractivity contribution in [2.24, 2.45) is 0 Å². The highest BCUT2D eigenvalue weighted by molar-refractivity contribution is 5.95. The Balaban J connectivity index is 1.54. The first kappa shape index (κ1) is 14.2. The summed E-state index contributed by atoms with van der Waals surface area (Å²) in [7, 11) is 0. The van der Waals surface area contributed by atoms with Crippen molar-refractivity contribution in [1.29, 1.82) is 0 Å². The molecule has 3 rings (SSSR count). The molecule has 2 aromatic heterocycles. The van der Waals surface area contributed by atoms with E-state index in [4.69, 9.17) is 0 Å². The lowest BCUT2D eigenvalue weighted by molar-refractivity contribution is -0.115. The smallest absolute Gasteiger partial charge is 0.238 e. The molecule has 2 N–H and O–H groups in total. The molecule has 22 heavy (non-hydrogen) atoms. The van der Waals surface area contributed by atoms with Crippen LogP contribution in [0.25, 0.3) is 10.8 Å². The predicted molar refractivity (Wildman–Crippen MR) is 86.3 cm³/mol. The number of fused-ring (bicyclic) bond motifs is 1. The van der Waals surface area contributed by atoms with Crippen LogP contribution in [0, 0.1) is 0 Å². The number of rotatable bonds is 5. The minimum atomic E-state index is -0.0672. The van der Waals surface area contributed by atoms with E-state index in [1.54, 1.807) is 24.8 Å². The third kappa shape index (κ3) is 3.65. The van der Waals surface area contributed by atoms with Crippen molar-refractivity contribution in [3.63, 3.8) is 0 Å². The molecule has 110 valence electrons. The Morgan fingerprint density at radius 1 is 0.955 bits per heavy atom. The number of carbonyl (C=O) groups excluding carboxylic acids is 1. The van der Waals surface area contributed by atoms with Crippen LogP contribution in [0.2, 0.25) is 0 Å². The van der Waals surface area contributed by atoms with E-state index < -0.39 is 0 Å². The average Bonchev–Trinajstić information content (AvgIpc) is 2.56. The minimum Gasteiger partial charge on any atom is -0.325 e. The second-order valence-electron chi connectivity index (χ2n) is 4.94. The van der Waals surface area contributed by atoms with Gasteiger partial charge in [-0.3, -0.25) is 14.8 Å². The first-order chi connectivity index (χ1) is 10.8. The number of hydrogen-bond acceptors (Lipinski definition) is 4. The number of anilines is 1. The van der Waals surface area contributed by atoms with Crippen LogP contribution in [-0.4, -0.2) is 22.4 Å². The fraction of sp³-hybridized carbons (Fsp3) is 0.118. The molecular formula is C17H16N4O. The van der Waals surface area contributed by atoms with Gasteiger partial charge in [0, 0.05) is 42.4 Å². The monoisotopic (exact) mass is 292 g/mol. The topological polar surface area (TPSA) is 66.9 Å². The van der Waals surface area contributed by atoms with Crippen LogP contribution in [0.5, 0.6) is 0 Å². The van der Waals surface area contributed by atoms with Crippen LogP contribution in [-0.2, 0) is 11.3 Å². The number of carbonyl (C=O) groups is 1. The van der Waals surface area contributed by atoms with Gasteiger partial charge in [0.2, 0.25) is 5.91 Å². The zero-order valence-electron chi connectivity index (χ0n) is 12.0. The summed E-state index contributed by atoms with van der Waals surface area (Å²) in [6.07, 6.45) is 7.02. The lowest BCUT2D eigenvalue weighted by atomic mass is 10.1. The van der Waals surface area contributed by atoms with Gasteiger partial charge in [-0.05, 0) is 41.3 Å². The van der Waals surface area contributed by atoms with Gasteiger partial charge in [0.15, 0.2) is 0 Å². The maximum absolute atomic E-state index is 11.9. The third-order valence-electron chi connectivity index (χ3n) is 3.29. The summed E-state index contributed by atoms with van der Waals surface area (Å²) in [6.45, 7) is 0.899. The van der Waals surface area contributed by atoms with Crippen molar-refractivity contribution in [2.45, 2.75) is 6.54 Å². The largest absolute Gasteiger partial charge is 0.325 e. The SMILES string of the molecule is O=C(CNCc1ccncc1)Nc1ccc2cnccc2c1. The second-order valence-corrected chi connectivity index (χ2v) is 4.94. The van der Waals surface area contributed by atoms with Gasteiger partial charge >= 0.3 is 0 Å². The Morgan fingerprint density at radius 3 is 2.64 bits per heavy atom. The molecule has 0 saturated heterocycles. The Hall–Kier alpha value is -2.79. The fourth-order valence-corrected chi connectivity index (χ4v) is 2.19. The van der Waals surface area contributed by atoms with Crippen molar-refractivity contribution >= 4 is 22.4 Å². The van der Waals surface area contributed by atoms with Crippen LogP contribution >= 0.6 is 0 Å². The zero-order valence-corrected chi connectivity index (χ0v) is 12.0. The van der Waals surface area contributed by atoms with Gasteiger partial charge in [0.05, 0.1) is 6.54 Å². The van der Waals surface area contributed by atoms with Crippen molar-refractivity contribution in [3.05, 3.63) is 66.7 Å². The van der Waals surface area contributed by atoms with E-state index in [2.05, 4.69) is 20.6 Å². The van der Waals surface area contributed by atoms with Gasteiger partial charge in [-0.15, -0.1) is 0 Å². The Kier molecular flexibility index (Phi) is 4.36. The number of amides is 1. The molecule has 0 atom stereocenters. The predicted octanol–water partition coefficient (Wildman–Crippen LogP) is 2.36. The highest BCUT2D eigenvalue weighted by Crippen LogP contribution is 2.17. The molecule has 5 nitrogen and oxygen atoms in total. The van der Waals surface area contributed by atoms with Gasteiger partial charge in [-0.1, -0.05) is 6.07 Å². The summed E-state index contributed by atoms with van der Waals surface area (Å²) >= 11 is 0. The van der Waals surface area contributed by atoms with Gasteiger partial charge in [-0.2, -0.15) is 0 Å². The molecule has 0 radical (unpaired) electrons. The van der Waals surface area contributed by atoms with Crippen molar-refractivity contribution in [3.8, 4) is 0 Å². The quantitative estimate of drug-likeness (QED) is 0.757. The van der Waals surface area contributed by atoms with E-state index in [0.717, 1.165) is 22.0 Å². The van der Waals surface area contributed by atoms with Crippen LogP contribution in [0.1, 0.15) is 5.56 Å². The van der Waals surface area contributed by atoms with Crippen LogP contribution < -0.4 is 10.6 Å². The molecule has 2 heterocycles. The number of hydrogen-bond donors (Lipinski definition) is 2. The molecule has 0 spiro atoms. The second kappa shape index (κ2) is 6.78. The van der Waals surface area contributed by atoms with E-state index in [1.165, 1.54) is 0 Å². The molecule has 1 amide bonds. The van der Waals surface area contributed by atoms with E-state index in [9.17, 15) is 4.79 Å². The van der Waals surface area contributed by atoms with E-state index >= 15 is 0 Å². The lowest BCUT2D eigenvalue weighted by Crippen LogP contribution is -2.27. The van der Waals surface area contributed by atoms with Crippen molar-refractivity contribution < 1.29 is 4.79 Å². The highest BCUT2D eigenvalue weighted by Gasteiger charge is 2.03. The van der Waals surface area contributed by atoms with Crippen LogP contribution in [0.15, 0.2) is 61.2 Å². The van der Waals surface area contributed by atoms with Gasteiger partial charge in [0.25, 0.3) is 0 Å².